The Kier molecular flexibility index (Phi) is 6.12. The lowest BCUT2D eigenvalue weighted by atomic mass is 10.00. The Morgan fingerprint density at radius 3 is 2.69 bits per heavy atom. The second-order valence-electron chi connectivity index (χ2n) is 7.80. The molecule has 29 heavy (non-hydrogen) atoms. The van der Waals surface area contributed by atoms with Crippen molar-refractivity contribution >= 4 is 40.8 Å². The van der Waals surface area contributed by atoms with Crippen molar-refractivity contribution in [2.24, 2.45) is 11.7 Å². The van der Waals surface area contributed by atoms with Gasteiger partial charge in [0.05, 0.1) is 4.21 Å². The number of hydrogen-bond acceptors (Lipinski definition) is 5. The summed E-state index contributed by atoms with van der Waals surface area (Å²) in [7, 11) is 0. The highest BCUT2D eigenvalue weighted by molar-refractivity contribution is 7.98. The lowest BCUT2D eigenvalue weighted by Gasteiger charge is -2.45. The van der Waals surface area contributed by atoms with E-state index in [2.05, 4.69) is 33.6 Å². The summed E-state index contributed by atoms with van der Waals surface area (Å²) >= 11 is 3.60. The van der Waals surface area contributed by atoms with Crippen LogP contribution in [-0.4, -0.2) is 53.3 Å². The van der Waals surface area contributed by atoms with Gasteiger partial charge in [-0.1, -0.05) is 25.1 Å². The molecule has 0 aliphatic carbocycles. The summed E-state index contributed by atoms with van der Waals surface area (Å²) in [5, 5.41) is 9.79. The number of rotatable bonds is 5. The number of nitrogens with one attached hydrogen (secondary N) is 1. The Morgan fingerprint density at radius 1 is 1.21 bits per heavy atom. The minimum absolute atomic E-state index is 0.0248. The molecule has 0 spiro atoms. The van der Waals surface area contributed by atoms with Crippen LogP contribution >= 0.6 is 23.3 Å². The second-order valence-corrected chi connectivity index (χ2v) is 10.1. The van der Waals surface area contributed by atoms with E-state index in [0.717, 1.165) is 38.2 Å². The average molecular weight is 430 g/mol. The van der Waals surface area contributed by atoms with Gasteiger partial charge in [0.25, 0.3) is 0 Å². The van der Waals surface area contributed by atoms with Crippen LogP contribution in [-0.2, 0) is 0 Å². The number of anilines is 1. The number of nitrogen functional groups attached to an aromatic ring is 1. The fraction of sp³-hybridized carbons (Fsp3) is 0.429. The maximum absolute atomic E-state index is 13.3. The number of nitrogens with two attached hydrogens (primary N) is 1. The lowest BCUT2D eigenvalue weighted by molar-refractivity contribution is 0.129. The van der Waals surface area contributed by atoms with E-state index in [9.17, 15) is 4.79 Å². The van der Waals surface area contributed by atoms with Crippen molar-refractivity contribution in [3.63, 3.8) is 0 Å². The van der Waals surface area contributed by atoms with E-state index >= 15 is 0 Å². The van der Waals surface area contributed by atoms with Gasteiger partial charge in [0.1, 0.15) is 5.84 Å². The molecule has 1 aromatic heterocycles. The third kappa shape index (κ3) is 4.60. The van der Waals surface area contributed by atoms with Gasteiger partial charge in [0.15, 0.2) is 0 Å². The maximum Gasteiger partial charge on any atom is 0.324 e. The van der Waals surface area contributed by atoms with E-state index < -0.39 is 0 Å². The molecule has 2 aliphatic heterocycles. The SMILES string of the molecule is CC1CN(c2cccc(C(=N)N)c2)C(=O)N(C2CCN(Sc3cccs3)CC2)C1. The van der Waals surface area contributed by atoms with Crippen LogP contribution in [0, 0.1) is 11.3 Å². The van der Waals surface area contributed by atoms with Crippen molar-refractivity contribution in [1.29, 1.82) is 5.41 Å². The van der Waals surface area contributed by atoms with Crippen molar-refractivity contribution in [3.8, 4) is 0 Å². The zero-order valence-electron chi connectivity index (χ0n) is 16.6. The molecule has 6 nitrogen and oxygen atoms in total. The van der Waals surface area contributed by atoms with Gasteiger partial charge in [-0.3, -0.25) is 10.3 Å². The molecule has 4 rings (SSSR count). The van der Waals surface area contributed by atoms with Gasteiger partial charge in [-0.15, -0.1) is 11.3 Å². The first-order valence-electron chi connectivity index (χ1n) is 10.0. The number of carbonyl (C=O) groups is 1. The largest absolute Gasteiger partial charge is 0.384 e. The van der Waals surface area contributed by atoms with Crippen LogP contribution in [0.2, 0.25) is 0 Å². The van der Waals surface area contributed by atoms with Gasteiger partial charge in [0, 0.05) is 43.5 Å². The van der Waals surface area contributed by atoms with Gasteiger partial charge in [-0.05, 0) is 54.3 Å². The van der Waals surface area contributed by atoms with Crippen LogP contribution < -0.4 is 10.6 Å². The van der Waals surface area contributed by atoms with Crippen LogP contribution in [0.1, 0.15) is 25.3 Å². The third-order valence-corrected chi connectivity index (χ3v) is 7.64. The topological polar surface area (TPSA) is 76.7 Å². The summed E-state index contributed by atoms with van der Waals surface area (Å²) in [4.78, 5) is 17.3. The summed E-state index contributed by atoms with van der Waals surface area (Å²) in [5.41, 5.74) is 7.12. The molecule has 1 atom stereocenters. The smallest absolute Gasteiger partial charge is 0.324 e. The second kappa shape index (κ2) is 8.77. The van der Waals surface area contributed by atoms with Gasteiger partial charge in [0.2, 0.25) is 0 Å². The molecule has 2 fully saturated rings. The maximum atomic E-state index is 13.3. The summed E-state index contributed by atoms with van der Waals surface area (Å²) in [6, 6.07) is 12.0. The van der Waals surface area contributed by atoms with Crippen molar-refractivity contribution < 1.29 is 4.79 Å². The molecule has 3 heterocycles. The van der Waals surface area contributed by atoms with Crippen molar-refractivity contribution in [2.45, 2.75) is 30.0 Å². The molecule has 2 aromatic rings. The summed E-state index contributed by atoms with van der Waals surface area (Å²) in [6.45, 7) is 5.69. The molecule has 154 valence electrons. The molecule has 3 N–H and O–H groups in total. The monoisotopic (exact) mass is 429 g/mol. The van der Waals surface area contributed by atoms with Crippen LogP contribution in [0.15, 0.2) is 46.0 Å². The Bertz CT molecular complexity index is 864. The predicted molar refractivity (Wildman–Crippen MR) is 121 cm³/mol. The highest BCUT2D eigenvalue weighted by atomic mass is 32.2. The molecular formula is C21H27N5OS2. The standard InChI is InChI=1S/C21H27N5OS2/c1-15-13-25(17-7-9-24(10-8-17)29-19-6-3-11-28-19)21(27)26(14-15)18-5-2-4-16(12-18)20(22)23/h2-6,11-12,15,17H,7-10,13-14H2,1H3,(H3,22,23). The van der Waals surface area contributed by atoms with Crippen LogP contribution in [0.5, 0.6) is 0 Å². The number of benzene rings is 1. The molecule has 8 heteroatoms. The van der Waals surface area contributed by atoms with Crippen LogP contribution in [0.25, 0.3) is 0 Å². The van der Waals surface area contributed by atoms with E-state index in [1.807, 2.05) is 41.1 Å². The van der Waals surface area contributed by atoms with Crippen molar-refractivity contribution in [3.05, 3.63) is 47.3 Å². The average Bonchev–Trinajstić information content (AvgIpc) is 3.23. The molecule has 2 aliphatic rings. The zero-order chi connectivity index (χ0) is 20.4. The molecular weight excluding hydrogens is 402 g/mol. The predicted octanol–water partition coefficient (Wildman–Crippen LogP) is 4.08. The molecule has 1 aromatic carbocycles. The zero-order valence-corrected chi connectivity index (χ0v) is 18.2. The van der Waals surface area contributed by atoms with E-state index in [-0.39, 0.29) is 17.9 Å². The van der Waals surface area contributed by atoms with Gasteiger partial charge in [-0.25, -0.2) is 9.10 Å². The first kappa shape index (κ1) is 20.3. The van der Waals surface area contributed by atoms with E-state index in [1.165, 1.54) is 4.21 Å². The Hall–Kier alpha value is -2.03. The van der Waals surface area contributed by atoms with E-state index in [4.69, 9.17) is 11.1 Å². The van der Waals surface area contributed by atoms with Gasteiger partial charge in [-0.2, -0.15) is 0 Å². The minimum atomic E-state index is 0.0248. The highest BCUT2D eigenvalue weighted by Crippen LogP contribution is 2.32. The number of thiophene rings is 1. The van der Waals surface area contributed by atoms with Crippen molar-refractivity contribution in [2.75, 3.05) is 31.1 Å². The number of amidine groups is 1. The third-order valence-electron chi connectivity index (χ3n) is 5.53. The van der Waals surface area contributed by atoms with Gasteiger partial charge >= 0.3 is 6.03 Å². The number of hydrogen-bond donors (Lipinski definition) is 2. The molecule has 2 saturated heterocycles. The minimum Gasteiger partial charge on any atom is -0.384 e. The first-order valence-corrected chi connectivity index (χ1v) is 11.7. The number of carbonyl (C=O) groups excluding carboxylic acids is 1. The summed E-state index contributed by atoms with van der Waals surface area (Å²) in [5.74, 6) is 0.420. The first-order chi connectivity index (χ1) is 14.0. The number of piperidine rings is 1. The normalized spacial score (nSPS) is 21.6. The van der Waals surface area contributed by atoms with Gasteiger partial charge < -0.3 is 10.6 Å². The fourth-order valence-electron chi connectivity index (χ4n) is 4.07. The Labute approximate surface area is 180 Å². The molecule has 1 unspecified atom stereocenters. The quantitative estimate of drug-likeness (QED) is 0.426. The lowest BCUT2D eigenvalue weighted by Crippen LogP contribution is -2.58. The number of urea groups is 1. The Balaban J connectivity index is 1.43. The fourth-order valence-corrected chi connectivity index (χ4v) is 5.96. The van der Waals surface area contributed by atoms with E-state index in [0.29, 0.717) is 18.0 Å². The molecule has 0 saturated carbocycles. The number of nitrogens with zero attached hydrogens (tertiary/aromatic N) is 3. The van der Waals surface area contributed by atoms with Crippen LogP contribution in [0.3, 0.4) is 0 Å². The molecule has 0 bridgehead atoms. The van der Waals surface area contributed by atoms with E-state index in [1.54, 1.807) is 11.3 Å². The summed E-state index contributed by atoms with van der Waals surface area (Å²) in [6.07, 6.45) is 2.00. The highest BCUT2D eigenvalue weighted by Gasteiger charge is 2.36. The Morgan fingerprint density at radius 2 is 2.00 bits per heavy atom. The summed E-state index contributed by atoms with van der Waals surface area (Å²) < 4.78 is 3.73. The number of amides is 2. The van der Waals surface area contributed by atoms with Crippen molar-refractivity contribution in [1.82, 2.24) is 9.21 Å². The van der Waals surface area contributed by atoms with Crippen LogP contribution in [0.4, 0.5) is 10.5 Å². The molecule has 0 radical (unpaired) electrons. The molecule has 2 amide bonds.